The first kappa shape index (κ1) is 9.72. The van der Waals surface area contributed by atoms with Crippen LogP contribution in [-0.2, 0) is 4.79 Å². The zero-order valence-corrected chi connectivity index (χ0v) is 6.78. The average Bonchev–Trinajstić information content (AvgIpc) is 2.50. The van der Waals surface area contributed by atoms with Crippen LogP contribution in [0.5, 0.6) is 0 Å². The molecule has 0 aromatic carbocycles. The van der Waals surface area contributed by atoms with Crippen molar-refractivity contribution >= 4 is 18.3 Å². The highest BCUT2D eigenvalue weighted by molar-refractivity contribution is 5.85. The SMILES string of the molecule is C[C@@H](N)C(=O)NC1CC1.Cl. The van der Waals surface area contributed by atoms with Crippen molar-refractivity contribution in [2.75, 3.05) is 0 Å². The summed E-state index contributed by atoms with van der Waals surface area (Å²) >= 11 is 0. The molecule has 0 aliphatic heterocycles. The first-order chi connectivity index (χ1) is 4.20. The van der Waals surface area contributed by atoms with Crippen LogP contribution in [0.1, 0.15) is 19.8 Å². The van der Waals surface area contributed by atoms with Gasteiger partial charge in [0.05, 0.1) is 6.04 Å². The average molecular weight is 165 g/mol. The lowest BCUT2D eigenvalue weighted by Crippen LogP contribution is -2.39. The predicted octanol–water partition coefficient (Wildman–Crippen LogP) is 0.0340. The number of hydrogen-bond donors (Lipinski definition) is 2. The number of nitrogens with two attached hydrogens (primary N) is 1. The van der Waals surface area contributed by atoms with Gasteiger partial charge in [0, 0.05) is 6.04 Å². The van der Waals surface area contributed by atoms with E-state index in [0.717, 1.165) is 12.8 Å². The fraction of sp³-hybridized carbons (Fsp3) is 0.833. The Morgan fingerprint density at radius 3 is 2.50 bits per heavy atom. The van der Waals surface area contributed by atoms with Crippen LogP contribution in [0.4, 0.5) is 0 Å². The maximum atomic E-state index is 10.8. The molecule has 3 N–H and O–H groups in total. The van der Waals surface area contributed by atoms with Gasteiger partial charge < -0.3 is 11.1 Å². The van der Waals surface area contributed by atoms with Crippen molar-refractivity contribution in [3.05, 3.63) is 0 Å². The summed E-state index contributed by atoms with van der Waals surface area (Å²) in [7, 11) is 0. The molecule has 0 radical (unpaired) electrons. The summed E-state index contributed by atoms with van der Waals surface area (Å²) in [4.78, 5) is 10.8. The number of rotatable bonds is 2. The maximum absolute atomic E-state index is 10.8. The van der Waals surface area contributed by atoms with Crippen LogP contribution in [0.3, 0.4) is 0 Å². The van der Waals surface area contributed by atoms with E-state index in [4.69, 9.17) is 5.73 Å². The van der Waals surface area contributed by atoms with Crippen LogP contribution in [0.25, 0.3) is 0 Å². The largest absolute Gasteiger partial charge is 0.352 e. The van der Waals surface area contributed by atoms with E-state index in [9.17, 15) is 4.79 Å². The van der Waals surface area contributed by atoms with Gasteiger partial charge in [0.15, 0.2) is 0 Å². The number of nitrogens with one attached hydrogen (secondary N) is 1. The van der Waals surface area contributed by atoms with Crippen LogP contribution < -0.4 is 11.1 Å². The molecule has 10 heavy (non-hydrogen) atoms. The molecule has 1 atom stereocenters. The van der Waals surface area contributed by atoms with Gasteiger partial charge in [-0.15, -0.1) is 12.4 Å². The summed E-state index contributed by atoms with van der Waals surface area (Å²) < 4.78 is 0. The third-order valence-corrected chi connectivity index (χ3v) is 1.34. The highest BCUT2D eigenvalue weighted by Crippen LogP contribution is 2.18. The van der Waals surface area contributed by atoms with Gasteiger partial charge in [-0.1, -0.05) is 0 Å². The Labute approximate surface area is 66.8 Å². The molecule has 0 aromatic rings. The highest BCUT2D eigenvalue weighted by atomic mass is 35.5. The molecule has 1 aliphatic rings. The quantitative estimate of drug-likeness (QED) is 0.606. The molecular formula is C6H13ClN2O. The van der Waals surface area contributed by atoms with E-state index in [1.807, 2.05) is 0 Å². The molecule has 1 rings (SSSR count). The minimum Gasteiger partial charge on any atom is -0.352 e. The van der Waals surface area contributed by atoms with Crippen molar-refractivity contribution in [2.45, 2.75) is 31.8 Å². The molecule has 0 bridgehead atoms. The standard InChI is InChI=1S/C6H12N2O.ClH/c1-4(7)6(9)8-5-2-3-5;/h4-5H,2-3,7H2,1H3,(H,8,9);1H/t4-;/m1./s1. The van der Waals surface area contributed by atoms with Crippen molar-refractivity contribution < 1.29 is 4.79 Å². The maximum Gasteiger partial charge on any atom is 0.236 e. The topological polar surface area (TPSA) is 55.1 Å². The van der Waals surface area contributed by atoms with Gasteiger partial charge in [-0.05, 0) is 19.8 Å². The molecule has 0 saturated heterocycles. The van der Waals surface area contributed by atoms with Crippen molar-refractivity contribution in [3.8, 4) is 0 Å². The first-order valence-electron chi connectivity index (χ1n) is 3.26. The lowest BCUT2D eigenvalue weighted by Gasteiger charge is -2.04. The molecule has 1 aliphatic carbocycles. The number of carbonyl (C=O) groups excluding carboxylic acids is 1. The smallest absolute Gasteiger partial charge is 0.236 e. The molecular weight excluding hydrogens is 152 g/mol. The Kier molecular flexibility index (Phi) is 3.68. The van der Waals surface area contributed by atoms with Crippen molar-refractivity contribution in [3.63, 3.8) is 0 Å². The number of carbonyl (C=O) groups is 1. The van der Waals surface area contributed by atoms with Crippen LogP contribution in [0.15, 0.2) is 0 Å². The lowest BCUT2D eigenvalue weighted by atomic mass is 10.3. The number of halogens is 1. The van der Waals surface area contributed by atoms with E-state index in [1.54, 1.807) is 6.92 Å². The Morgan fingerprint density at radius 2 is 2.20 bits per heavy atom. The molecule has 0 heterocycles. The van der Waals surface area contributed by atoms with Gasteiger partial charge in [-0.2, -0.15) is 0 Å². The van der Waals surface area contributed by atoms with Crippen molar-refractivity contribution in [1.29, 1.82) is 0 Å². The molecule has 1 saturated carbocycles. The normalized spacial score (nSPS) is 19.0. The molecule has 0 unspecified atom stereocenters. The second kappa shape index (κ2) is 3.78. The van der Waals surface area contributed by atoms with Gasteiger partial charge >= 0.3 is 0 Å². The van der Waals surface area contributed by atoms with E-state index in [1.165, 1.54) is 0 Å². The molecule has 4 heteroatoms. The zero-order valence-electron chi connectivity index (χ0n) is 5.96. The van der Waals surface area contributed by atoms with E-state index in [-0.39, 0.29) is 24.4 Å². The summed E-state index contributed by atoms with van der Waals surface area (Å²) in [6.07, 6.45) is 2.25. The minimum absolute atomic E-state index is 0. The van der Waals surface area contributed by atoms with Crippen LogP contribution in [0.2, 0.25) is 0 Å². The summed E-state index contributed by atoms with van der Waals surface area (Å²) in [5.74, 6) is -0.0301. The zero-order chi connectivity index (χ0) is 6.85. The second-order valence-electron chi connectivity index (χ2n) is 2.57. The monoisotopic (exact) mass is 164 g/mol. The van der Waals surface area contributed by atoms with Crippen LogP contribution >= 0.6 is 12.4 Å². The summed E-state index contributed by atoms with van der Waals surface area (Å²) in [5.41, 5.74) is 5.30. The Balaban J connectivity index is 0.000000810. The predicted molar refractivity (Wildman–Crippen MR) is 42.1 cm³/mol. The summed E-state index contributed by atoms with van der Waals surface area (Å²) in [5, 5.41) is 2.79. The van der Waals surface area contributed by atoms with Crippen molar-refractivity contribution in [1.82, 2.24) is 5.32 Å². The van der Waals surface area contributed by atoms with Gasteiger partial charge in [0.1, 0.15) is 0 Å². The Bertz CT molecular complexity index is 123. The van der Waals surface area contributed by atoms with Crippen LogP contribution in [0, 0.1) is 0 Å². The Hall–Kier alpha value is -0.280. The number of hydrogen-bond acceptors (Lipinski definition) is 2. The minimum atomic E-state index is -0.356. The molecule has 1 fully saturated rings. The molecule has 1 amide bonds. The molecule has 0 spiro atoms. The molecule has 0 aromatic heterocycles. The van der Waals surface area contributed by atoms with E-state index < -0.39 is 0 Å². The lowest BCUT2D eigenvalue weighted by molar-refractivity contribution is -0.122. The van der Waals surface area contributed by atoms with Gasteiger partial charge in [0.25, 0.3) is 0 Å². The second-order valence-corrected chi connectivity index (χ2v) is 2.57. The molecule has 3 nitrogen and oxygen atoms in total. The number of amides is 1. The van der Waals surface area contributed by atoms with E-state index >= 15 is 0 Å². The first-order valence-corrected chi connectivity index (χ1v) is 3.26. The van der Waals surface area contributed by atoms with Crippen molar-refractivity contribution in [2.24, 2.45) is 5.73 Å². The van der Waals surface area contributed by atoms with E-state index in [0.29, 0.717) is 6.04 Å². The Morgan fingerprint density at radius 1 is 1.70 bits per heavy atom. The fourth-order valence-electron chi connectivity index (χ4n) is 0.560. The fourth-order valence-corrected chi connectivity index (χ4v) is 0.560. The summed E-state index contributed by atoms with van der Waals surface area (Å²) in [6, 6.07) is 0.0779. The van der Waals surface area contributed by atoms with Gasteiger partial charge in [0.2, 0.25) is 5.91 Å². The van der Waals surface area contributed by atoms with Gasteiger partial charge in [-0.3, -0.25) is 4.79 Å². The molecule has 60 valence electrons. The highest BCUT2D eigenvalue weighted by Gasteiger charge is 2.24. The van der Waals surface area contributed by atoms with E-state index in [2.05, 4.69) is 5.32 Å². The third-order valence-electron chi connectivity index (χ3n) is 1.34. The van der Waals surface area contributed by atoms with Gasteiger partial charge in [-0.25, -0.2) is 0 Å². The third kappa shape index (κ3) is 3.03. The van der Waals surface area contributed by atoms with Crippen LogP contribution in [-0.4, -0.2) is 18.0 Å². The summed E-state index contributed by atoms with van der Waals surface area (Å²) in [6.45, 7) is 1.69.